The Hall–Kier alpha value is -1.96. The largest absolute Gasteiger partial charge is 0.416 e. The van der Waals surface area contributed by atoms with Gasteiger partial charge in [-0.15, -0.1) is 11.3 Å². The Bertz CT molecular complexity index is 1490. The molecule has 11 heteroatoms. The Kier molecular flexibility index (Phi) is 10.9. The second-order valence-corrected chi connectivity index (χ2v) is 26.5. The van der Waals surface area contributed by atoms with Crippen LogP contribution in [0.15, 0.2) is 48.9 Å². The first kappa shape index (κ1) is 35.9. The van der Waals surface area contributed by atoms with Gasteiger partial charge in [-0.2, -0.15) is 0 Å². The Labute approximate surface area is 279 Å². The van der Waals surface area contributed by atoms with Gasteiger partial charge in [0.15, 0.2) is 16.6 Å². The van der Waals surface area contributed by atoms with E-state index in [1.807, 2.05) is 36.4 Å². The summed E-state index contributed by atoms with van der Waals surface area (Å²) < 4.78 is 29.9. The van der Waals surface area contributed by atoms with Gasteiger partial charge in [0.1, 0.15) is 18.3 Å². The van der Waals surface area contributed by atoms with Crippen molar-refractivity contribution >= 4 is 51.2 Å². The summed E-state index contributed by atoms with van der Waals surface area (Å²) in [5.74, 6) is 0.0123. The highest BCUT2D eigenvalue weighted by molar-refractivity contribution is 7.14. The minimum absolute atomic E-state index is 0.0418. The van der Waals surface area contributed by atoms with Crippen LogP contribution >= 0.6 is 22.9 Å². The molecule has 246 valence electrons. The van der Waals surface area contributed by atoms with E-state index in [1.54, 1.807) is 0 Å². The van der Waals surface area contributed by atoms with Crippen LogP contribution in [0, 0.1) is 5.92 Å². The highest BCUT2D eigenvalue weighted by Gasteiger charge is 2.51. The van der Waals surface area contributed by atoms with Gasteiger partial charge >= 0.3 is 0 Å². The first-order chi connectivity index (χ1) is 20.8. The van der Waals surface area contributed by atoms with Crippen LogP contribution in [0.3, 0.4) is 0 Å². The number of anilines is 1. The summed E-state index contributed by atoms with van der Waals surface area (Å²) in [6, 6.07) is 10.9. The van der Waals surface area contributed by atoms with E-state index in [1.165, 1.54) is 23.9 Å². The zero-order valence-corrected chi connectivity index (χ0v) is 31.9. The molecule has 6 nitrogen and oxygen atoms in total. The minimum atomic E-state index is -2.29. The molecule has 2 heterocycles. The third-order valence-electron chi connectivity index (χ3n) is 9.85. The fraction of sp³-hybridized carbons (Fsp3) is 0.559. The van der Waals surface area contributed by atoms with Crippen molar-refractivity contribution in [3.63, 3.8) is 0 Å². The predicted molar refractivity (Wildman–Crippen MR) is 190 cm³/mol. The minimum Gasteiger partial charge on any atom is -0.416 e. The number of alkyl halides is 1. The fourth-order valence-corrected chi connectivity index (χ4v) is 8.58. The number of nitrogens with zero attached hydrogens (tertiary/aromatic N) is 2. The number of ketones is 1. The molecule has 2 aromatic heterocycles. The molecular formula is C34H49ClFN3O3SSi2. The van der Waals surface area contributed by atoms with Gasteiger partial charge in [0.05, 0.1) is 22.6 Å². The summed E-state index contributed by atoms with van der Waals surface area (Å²) in [4.78, 5) is 23.9. The van der Waals surface area contributed by atoms with Gasteiger partial charge in [-0.05, 0) is 72.5 Å². The molecule has 1 unspecified atom stereocenters. The lowest BCUT2D eigenvalue weighted by molar-refractivity contribution is 0.0551. The number of thiophene rings is 1. The molecule has 1 saturated carbocycles. The molecule has 45 heavy (non-hydrogen) atoms. The zero-order chi connectivity index (χ0) is 33.4. The maximum Gasteiger partial charge on any atom is 0.208 e. The molecule has 0 amide bonds. The van der Waals surface area contributed by atoms with E-state index in [0.717, 1.165) is 10.4 Å². The first-order valence-electron chi connectivity index (χ1n) is 15.7. The van der Waals surface area contributed by atoms with Crippen LogP contribution in [0.4, 0.5) is 10.2 Å². The molecule has 1 fully saturated rings. The number of nitrogens with one attached hydrogen (secondary N) is 1. The van der Waals surface area contributed by atoms with Gasteiger partial charge in [0.25, 0.3) is 0 Å². The van der Waals surface area contributed by atoms with E-state index >= 15 is 4.39 Å². The number of carbonyl (C=O) groups is 1. The average Bonchev–Trinajstić information content (AvgIpc) is 3.51. The Morgan fingerprint density at radius 3 is 2.40 bits per heavy atom. The molecule has 3 aromatic rings. The summed E-state index contributed by atoms with van der Waals surface area (Å²) in [6.45, 7) is 22.3. The standard InChI is InChI=1S/C34H49ClFN3O3SSi2/c1-33(2,3)44(7,8)41-20-23-18-27(29(36)31(23)42-45(9,10)34(4,5)6)39-32-26(19-37-21-38-32)30(40)28-15-14-25(43-28)17-22-12-11-13-24(35)16-22/h11-16,19,21,23,27,29,31H,17-18,20H2,1-10H3,(H,37,38,39)/t23-,27-,29-,31?/m1/s1. The van der Waals surface area contributed by atoms with Gasteiger partial charge in [-0.3, -0.25) is 4.79 Å². The maximum absolute atomic E-state index is 16.5. The SMILES string of the molecule is CC(C)(C)[Si](C)(C)OC[C@H]1C[C@@H](Nc2ncncc2C(=O)c2ccc(Cc3cccc(Cl)c3)s2)[C@@H](F)C1O[Si](C)(C)C(C)(C)C. The molecule has 0 saturated heterocycles. The quantitative estimate of drug-likeness (QED) is 0.160. The van der Waals surface area contributed by atoms with Crippen molar-refractivity contribution in [1.82, 2.24) is 9.97 Å². The van der Waals surface area contributed by atoms with Crippen LogP contribution in [0.5, 0.6) is 0 Å². The number of rotatable bonds is 11. The first-order valence-corrected chi connectivity index (χ1v) is 22.7. The lowest BCUT2D eigenvalue weighted by Crippen LogP contribution is -2.49. The number of hydrogen-bond acceptors (Lipinski definition) is 7. The summed E-state index contributed by atoms with van der Waals surface area (Å²) in [7, 11) is -4.35. The molecular weight excluding hydrogens is 641 g/mol. The number of hydrogen-bond donors (Lipinski definition) is 1. The van der Waals surface area contributed by atoms with Gasteiger partial charge in [0, 0.05) is 35.0 Å². The Balaban J connectivity index is 1.55. The van der Waals surface area contributed by atoms with E-state index in [-0.39, 0.29) is 21.8 Å². The van der Waals surface area contributed by atoms with Crippen LogP contribution in [0.25, 0.3) is 0 Å². The van der Waals surface area contributed by atoms with Crippen molar-refractivity contribution in [1.29, 1.82) is 0 Å². The van der Waals surface area contributed by atoms with Crippen molar-refractivity contribution in [2.24, 2.45) is 5.92 Å². The average molecular weight is 690 g/mol. The molecule has 4 atom stereocenters. The van der Waals surface area contributed by atoms with Crippen molar-refractivity contribution in [3.8, 4) is 0 Å². The maximum atomic E-state index is 16.5. The van der Waals surface area contributed by atoms with Crippen LogP contribution < -0.4 is 5.32 Å². The van der Waals surface area contributed by atoms with Crippen LogP contribution in [-0.4, -0.2) is 57.3 Å². The van der Waals surface area contributed by atoms with Crippen molar-refractivity contribution in [2.45, 2.75) is 109 Å². The van der Waals surface area contributed by atoms with E-state index in [2.05, 4.69) is 83.0 Å². The molecule has 1 aliphatic carbocycles. The van der Waals surface area contributed by atoms with Crippen molar-refractivity contribution in [2.75, 3.05) is 11.9 Å². The van der Waals surface area contributed by atoms with Crippen LogP contribution in [-0.2, 0) is 15.3 Å². The Morgan fingerprint density at radius 1 is 1.07 bits per heavy atom. The summed E-state index contributed by atoms with van der Waals surface area (Å²) in [5, 5.41) is 3.96. The van der Waals surface area contributed by atoms with Gasteiger partial charge < -0.3 is 14.2 Å². The van der Waals surface area contributed by atoms with Crippen LogP contribution in [0.2, 0.25) is 41.3 Å². The topological polar surface area (TPSA) is 73.3 Å². The molecule has 1 N–H and O–H groups in total. The third kappa shape index (κ3) is 8.50. The summed E-state index contributed by atoms with van der Waals surface area (Å²) >= 11 is 7.59. The van der Waals surface area contributed by atoms with E-state index < -0.39 is 35.0 Å². The fourth-order valence-electron chi connectivity index (χ4n) is 4.95. The van der Waals surface area contributed by atoms with Gasteiger partial charge in [0.2, 0.25) is 5.78 Å². The number of halogens is 2. The summed E-state index contributed by atoms with van der Waals surface area (Å²) in [6.07, 6.45) is 2.18. The monoisotopic (exact) mass is 689 g/mol. The predicted octanol–water partition coefficient (Wildman–Crippen LogP) is 9.56. The molecule has 0 bridgehead atoms. The zero-order valence-electron chi connectivity index (χ0n) is 28.3. The smallest absolute Gasteiger partial charge is 0.208 e. The molecule has 0 radical (unpaired) electrons. The number of aromatic nitrogens is 2. The normalized spacial score (nSPS) is 21.2. The van der Waals surface area contributed by atoms with Crippen molar-refractivity contribution < 1.29 is 18.0 Å². The number of carbonyl (C=O) groups excluding carboxylic acids is 1. The van der Waals surface area contributed by atoms with E-state index in [0.29, 0.717) is 40.7 Å². The molecule has 0 spiro atoms. The van der Waals surface area contributed by atoms with Gasteiger partial charge in [-0.25, -0.2) is 14.4 Å². The second-order valence-electron chi connectivity index (χ2n) is 15.3. The molecule has 1 aliphatic rings. The second kappa shape index (κ2) is 13.6. The highest BCUT2D eigenvalue weighted by Crippen LogP contribution is 2.44. The molecule has 0 aliphatic heterocycles. The third-order valence-corrected chi connectivity index (χ3v) is 20.1. The number of benzene rings is 1. The van der Waals surface area contributed by atoms with E-state index in [4.69, 9.17) is 20.5 Å². The molecule has 4 rings (SSSR count). The van der Waals surface area contributed by atoms with Gasteiger partial charge in [-0.1, -0.05) is 65.3 Å². The lowest BCUT2D eigenvalue weighted by Gasteiger charge is -2.41. The van der Waals surface area contributed by atoms with Crippen LogP contribution in [0.1, 0.15) is 73.6 Å². The molecule has 1 aromatic carbocycles. The van der Waals surface area contributed by atoms with Crippen molar-refractivity contribution in [3.05, 3.63) is 74.8 Å². The lowest BCUT2D eigenvalue weighted by atomic mass is 10.1. The highest BCUT2D eigenvalue weighted by atomic mass is 35.5. The Morgan fingerprint density at radius 2 is 1.76 bits per heavy atom. The van der Waals surface area contributed by atoms with E-state index in [9.17, 15) is 4.79 Å². The summed E-state index contributed by atoms with van der Waals surface area (Å²) in [5.41, 5.74) is 1.40.